The molecule has 1 saturated carbocycles. The molecule has 2 N–H and O–H groups in total. The highest BCUT2D eigenvalue weighted by Gasteiger charge is 2.34. The van der Waals surface area contributed by atoms with Crippen molar-refractivity contribution in [3.8, 4) is 0 Å². The molecule has 0 unspecified atom stereocenters. The Kier molecular flexibility index (Phi) is 3.50. The molecule has 112 valence electrons. The summed E-state index contributed by atoms with van der Waals surface area (Å²) in [4.78, 5) is 27.1. The van der Waals surface area contributed by atoms with E-state index in [4.69, 9.17) is 5.73 Å². The fourth-order valence-electron chi connectivity index (χ4n) is 2.84. The molecule has 2 aliphatic rings. The molecular weight excluding hydrogens is 272 g/mol. The van der Waals surface area contributed by atoms with Crippen molar-refractivity contribution in [3.63, 3.8) is 0 Å². The van der Waals surface area contributed by atoms with Gasteiger partial charge in [-0.25, -0.2) is 0 Å². The van der Waals surface area contributed by atoms with Crippen molar-refractivity contribution in [2.24, 2.45) is 0 Å². The van der Waals surface area contributed by atoms with Gasteiger partial charge in [-0.2, -0.15) is 0 Å². The molecule has 0 spiro atoms. The molecule has 3 rings (SSSR count). The maximum Gasteiger partial charge on any atom is 0.304 e. The number of carbonyl (C=O) groups excluding carboxylic acids is 1. The first kappa shape index (κ1) is 13.8. The van der Waals surface area contributed by atoms with Gasteiger partial charge in [0.25, 0.3) is 5.91 Å². The lowest BCUT2D eigenvalue weighted by Crippen LogP contribution is -2.49. The summed E-state index contributed by atoms with van der Waals surface area (Å²) < 4.78 is 0. The average Bonchev–Trinajstić information content (AvgIpc) is 3.30. The number of nitro groups is 1. The molecule has 7 nitrogen and oxygen atoms in total. The van der Waals surface area contributed by atoms with Crippen molar-refractivity contribution in [1.82, 2.24) is 9.80 Å². The number of carbonyl (C=O) groups is 1. The highest BCUT2D eigenvalue weighted by molar-refractivity contribution is 6.00. The molecule has 0 bridgehead atoms. The van der Waals surface area contributed by atoms with Gasteiger partial charge in [-0.05, 0) is 25.0 Å². The number of para-hydroxylation sites is 1. The van der Waals surface area contributed by atoms with E-state index in [0.717, 1.165) is 13.1 Å². The van der Waals surface area contributed by atoms with Crippen molar-refractivity contribution in [1.29, 1.82) is 0 Å². The Morgan fingerprint density at radius 3 is 2.48 bits per heavy atom. The van der Waals surface area contributed by atoms with Gasteiger partial charge in [-0.15, -0.1) is 0 Å². The number of anilines is 1. The molecule has 1 heterocycles. The van der Waals surface area contributed by atoms with Gasteiger partial charge in [0.15, 0.2) is 0 Å². The topological polar surface area (TPSA) is 92.7 Å². The Balaban J connectivity index is 1.76. The minimum absolute atomic E-state index is 0.0301. The maximum atomic E-state index is 12.5. The molecule has 1 aliphatic heterocycles. The van der Waals surface area contributed by atoms with Gasteiger partial charge >= 0.3 is 5.69 Å². The zero-order valence-corrected chi connectivity index (χ0v) is 11.7. The Labute approximate surface area is 122 Å². The van der Waals surface area contributed by atoms with E-state index in [9.17, 15) is 14.9 Å². The summed E-state index contributed by atoms with van der Waals surface area (Å²) >= 11 is 0. The summed E-state index contributed by atoms with van der Waals surface area (Å²) in [6, 6.07) is 5.18. The minimum atomic E-state index is -0.580. The highest BCUT2D eigenvalue weighted by Crippen LogP contribution is 2.29. The van der Waals surface area contributed by atoms with Crippen LogP contribution in [-0.4, -0.2) is 52.9 Å². The number of nitro benzene ring substituents is 1. The van der Waals surface area contributed by atoms with Crippen LogP contribution in [0.1, 0.15) is 23.2 Å². The Morgan fingerprint density at radius 1 is 1.24 bits per heavy atom. The van der Waals surface area contributed by atoms with Crippen LogP contribution in [0.2, 0.25) is 0 Å². The number of hydrogen-bond donors (Lipinski definition) is 1. The van der Waals surface area contributed by atoms with Crippen LogP contribution in [0, 0.1) is 10.1 Å². The highest BCUT2D eigenvalue weighted by atomic mass is 16.6. The standard InChI is InChI=1S/C14H18N4O3/c15-12-3-1-2-11(13(12)18(20)21)14(19)17-8-6-16(7-9-17)10-4-5-10/h1-3,10H,4-9,15H2. The SMILES string of the molecule is Nc1cccc(C(=O)N2CCN(C3CC3)CC2)c1[N+](=O)[O-]. The lowest BCUT2D eigenvalue weighted by atomic mass is 10.1. The van der Waals surface area contributed by atoms with Crippen LogP contribution in [0.25, 0.3) is 0 Å². The van der Waals surface area contributed by atoms with E-state index in [2.05, 4.69) is 4.90 Å². The van der Waals surface area contributed by atoms with Gasteiger partial charge < -0.3 is 10.6 Å². The van der Waals surface area contributed by atoms with Crippen molar-refractivity contribution in [3.05, 3.63) is 33.9 Å². The number of nitrogens with two attached hydrogens (primary N) is 1. The predicted octanol–water partition coefficient (Wildman–Crippen LogP) is 1.10. The number of benzene rings is 1. The van der Waals surface area contributed by atoms with Crippen molar-refractivity contribution in [2.75, 3.05) is 31.9 Å². The Bertz CT molecular complexity index is 578. The fourth-order valence-corrected chi connectivity index (χ4v) is 2.84. The Hall–Kier alpha value is -2.15. The van der Waals surface area contributed by atoms with E-state index in [1.165, 1.54) is 25.0 Å². The summed E-state index contributed by atoms with van der Waals surface area (Å²) in [5, 5.41) is 11.1. The third-order valence-electron chi connectivity index (χ3n) is 4.14. The van der Waals surface area contributed by atoms with Crippen LogP contribution < -0.4 is 5.73 Å². The molecule has 1 aromatic carbocycles. The number of nitrogens with zero attached hydrogens (tertiary/aromatic N) is 3. The summed E-state index contributed by atoms with van der Waals surface area (Å²) in [7, 11) is 0. The van der Waals surface area contributed by atoms with Crippen LogP contribution in [-0.2, 0) is 0 Å². The second-order valence-corrected chi connectivity index (χ2v) is 5.56. The summed E-state index contributed by atoms with van der Waals surface area (Å²) in [5.41, 5.74) is 5.47. The second-order valence-electron chi connectivity index (χ2n) is 5.56. The van der Waals surface area contributed by atoms with Crippen LogP contribution in [0.15, 0.2) is 18.2 Å². The number of hydrogen-bond acceptors (Lipinski definition) is 5. The lowest BCUT2D eigenvalue weighted by Gasteiger charge is -2.34. The molecule has 0 atom stereocenters. The quantitative estimate of drug-likeness (QED) is 0.511. The predicted molar refractivity (Wildman–Crippen MR) is 78.0 cm³/mol. The molecule has 1 aliphatic carbocycles. The molecule has 21 heavy (non-hydrogen) atoms. The van der Waals surface area contributed by atoms with Gasteiger partial charge in [-0.1, -0.05) is 6.07 Å². The van der Waals surface area contributed by atoms with Crippen LogP contribution in [0.5, 0.6) is 0 Å². The summed E-state index contributed by atoms with van der Waals surface area (Å²) in [5.74, 6) is -0.301. The van der Waals surface area contributed by atoms with Crippen molar-refractivity contribution < 1.29 is 9.72 Å². The van der Waals surface area contributed by atoms with Crippen molar-refractivity contribution in [2.45, 2.75) is 18.9 Å². The van der Waals surface area contributed by atoms with Gasteiger partial charge in [0.2, 0.25) is 0 Å². The van der Waals surface area contributed by atoms with E-state index in [0.29, 0.717) is 19.1 Å². The molecule has 1 aromatic rings. The number of rotatable bonds is 3. The number of amides is 1. The summed E-state index contributed by atoms with van der Waals surface area (Å²) in [6.07, 6.45) is 2.49. The molecule has 0 radical (unpaired) electrons. The monoisotopic (exact) mass is 290 g/mol. The fraction of sp³-hybridized carbons (Fsp3) is 0.500. The molecule has 2 fully saturated rings. The molecule has 1 amide bonds. The third-order valence-corrected chi connectivity index (χ3v) is 4.14. The average molecular weight is 290 g/mol. The van der Waals surface area contributed by atoms with E-state index in [1.54, 1.807) is 11.0 Å². The molecule has 1 saturated heterocycles. The normalized spacial score (nSPS) is 19.5. The first-order valence-electron chi connectivity index (χ1n) is 7.14. The number of piperazine rings is 1. The smallest absolute Gasteiger partial charge is 0.304 e. The van der Waals surface area contributed by atoms with Gasteiger partial charge in [0.05, 0.1) is 4.92 Å². The zero-order valence-electron chi connectivity index (χ0n) is 11.7. The van der Waals surface area contributed by atoms with Gasteiger partial charge in [0, 0.05) is 32.2 Å². The van der Waals surface area contributed by atoms with E-state index in [-0.39, 0.29) is 22.8 Å². The zero-order chi connectivity index (χ0) is 15.0. The van der Waals surface area contributed by atoms with Gasteiger partial charge in [0.1, 0.15) is 11.3 Å². The van der Waals surface area contributed by atoms with E-state index in [1.807, 2.05) is 0 Å². The Morgan fingerprint density at radius 2 is 1.90 bits per heavy atom. The third kappa shape index (κ3) is 2.69. The van der Waals surface area contributed by atoms with Crippen molar-refractivity contribution >= 4 is 17.3 Å². The van der Waals surface area contributed by atoms with Gasteiger partial charge in [-0.3, -0.25) is 19.8 Å². The largest absolute Gasteiger partial charge is 0.393 e. The van der Waals surface area contributed by atoms with Crippen LogP contribution in [0.4, 0.5) is 11.4 Å². The van der Waals surface area contributed by atoms with E-state index < -0.39 is 4.92 Å². The first-order chi connectivity index (χ1) is 10.1. The van der Waals surface area contributed by atoms with Crippen LogP contribution in [0.3, 0.4) is 0 Å². The lowest BCUT2D eigenvalue weighted by molar-refractivity contribution is -0.384. The molecular formula is C14H18N4O3. The summed E-state index contributed by atoms with van der Waals surface area (Å²) in [6.45, 7) is 2.90. The van der Waals surface area contributed by atoms with E-state index >= 15 is 0 Å². The minimum Gasteiger partial charge on any atom is -0.393 e. The molecule has 0 aromatic heterocycles. The maximum absolute atomic E-state index is 12.5. The number of nitrogen functional groups attached to an aromatic ring is 1. The molecule has 7 heteroatoms. The first-order valence-corrected chi connectivity index (χ1v) is 7.14. The second kappa shape index (κ2) is 5.33. The van der Waals surface area contributed by atoms with Crippen LogP contribution >= 0.6 is 0 Å².